The first-order valence-corrected chi connectivity index (χ1v) is 12.1. The van der Waals surface area contributed by atoms with Crippen LogP contribution in [0.25, 0.3) is 10.8 Å². The highest BCUT2D eigenvalue weighted by Gasteiger charge is 2.44. The summed E-state index contributed by atoms with van der Waals surface area (Å²) >= 11 is 0. The monoisotopic (exact) mass is 460 g/mol. The number of pyridine rings is 1. The largest absolute Gasteiger partial charge is 0.497 e. The lowest BCUT2D eigenvalue weighted by atomic mass is 9.72. The van der Waals surface area contributed by atoms with Gasteiger partial charge in [-0.3, -0.25) is 9.78 Å². The summed E-state index contributed by atoms with van der Waals surface area (Å²) in [5.41, 5.74) is 1.68. The minimum Gasteiger partial charge on any atom is -0.497 e. The number of hydrogen-bond acceptors (Lipinski definition) is 5. The van der Waals surface area contributed by atoms with E-state index in [-0.39, 0.29) is 11.8 Å². The van der Waals surface area contributed by atoms with Crippen LogP contribution in [0.1, 0.15) is 24.0 Å². The van der Waals surface area contributed by atoms with Crippen LogP contribution in [0.2, 0.25) is 0 Å². The molecular weight excluding hydrogens is 428 g/mol. The Hall–Kier alpha value is -2.96. The lowest BCUT2D eigenvalue weighted by Crippen LogP contribution is -2.51. The summed E-state index contributed by atoms with van der Waals surface area (Å²) in [6.45, 7) is 3.68. The molecule has 6 nitrogen and oxygen atoms in total. The van der Waals surface area contributed by atoms with Gasteiger partial charge in [-0.05, 0) is 47.9 Å². The second-order valence-electron chi connectivity index (χ2n) is 9.34. The Morgan fingerprint density at radius 3 is 2.65 bits per heavy atom. The highest BCUT2D eigenvalue weighted by atomic mass is 16.5. The van der Waals surface area contributed by atoms with Crippen LogP contribution in [0.5, 0.6) is 5.75 Å². The fourth-order valence-electron chi connectivity index (χ4n) is 5.40. The number of ether oxygens (including phenoxy) is 3. The van der Waals surface area contributed by atoms with Gasteiger partial charge >= 0.3 is 0 Å². The molecule has 2 aromatic carbocycles. The Morgan fingerprint density at radius 2 is 1.85 bits per heavy atom. The maximum Gasteiger partial charge on any atom is 0.233 e. The number of carbonyl (C=O) groups excluding carboxylic acids is 1. The van der Waals surface area contributed by atoms with Gasteiger partial charge in [-0.15, -0.1) is 0 Å². The fraction of sp³-hybridized carbons (Fsp3) is 0.429. The highest BCUT2D eigenvalue weighted by molar-refractivity contribution is 5.89. The Balaban J connectivity index is 1.40. The number of carbonyl (C=O) groups is 1. The van der Waals surface area contributed by atoms with Crippen LogP contribution in [-0.4, -0.2) is 62.4 Å². The summed E-state index contributed by atoms with van der Waals surface area (Å²) in [4.78, 5) is 20.6. The molecular formula is C28H32N2O4. The molecule has 1 atom stereocenters. The molecule has 34 heavy (non-hydrogen) atoms. The van der Waals surface area contributed by atoms with Crippen molar-refractivity contribution in [1.29, 1.82) is 0 Å². The van der Waals surface area contributed by atoms with E-state index in [1.807, 2.05) is 47.6 Å². The van der Waals surface area contributed by atoms with E-state index in [1.165, 1.54) is 10.9 Å². The van der Waals surface area contributed by atoms with Crippen molar-refractivity contribution >= 4 is 16.7 Å². The van der Waals surface area contributed by atoms with Gasteiger partial charge in [-0.25, -0.2) is 0 Å². The molecule has 5 rings (SSSR count). The maximum absolute atomic E-state index is 14.2. The predicted molar refractivity (Wildman–Crippen MR) is 131 cm³/mol. The summed E-state index contributed by atoms with van der Waals surface area (Å²) in [7, 11) is 1.66. The molecule has 178 valence electrons. The molecule has 0 aliphatic carbocycles. The molecule has 2 fully saturated rings. The molecule has 2 aliphatic rings. The molecule has 1 aromatic heterocycles. The van der Waals surface area contributed by atoms with Gasteiger partial charge in [0.25, 0.3) is 0 Å². The van der Waals surface area contributed by atoms with E-state index in [9.17, 15) is 4.79 Å². The number of hydrogen-bond donors (Lipinski definition) is 0. The third-order valence-electron chi connectivity index (χ3n) is 7.28. The molecule has 3 heterocycles. The quantitative estimate of drug-likeness (QED) is 0.576. The lowest BCUT2D eigenvalue weighted by molar-refractivity contribution is -0.141. The number of methoxy groups -OCH3 is 1. The SMILES string of the molecule is COc1ccc(C2(C(=O)N3CCOC[C@H](Cc4cncc5ccccc45)C3)CCOCC2)cc1. The molecule has 0 spiro atoms. The van der Waals surface area contributed by atoms with Crippen LogP contribution in [0.15, 0.2) is 60.9 Å². The molecule has 2 aliphatic heterocycles. The molecule has 0 N–H and O–H groups in total. The average Bonchev–Trinajstić information content (AvgIpc) is 3.14. The van der Waals surface area contributed by atoms with Crippen molar-refractivity contribution in [3.8, 4) is 5.75 Å². The molecule has 0 bridgehead atoms. The molecule has 3 aromatic rings. The standard InChI is InChI=1S/C28H32N2O4/c1-32-25-8-6-24(7-9-25)28(10-13-33-14-11-28)27(31)30-12-15-34-20-21(19-30)16-23-18-29-17-22-4-2-3-5-26(22)23/h2-9,17-18,21H,10-16,19-20H2,1H3/t21-/m1/s1. The number of nitrogens with zero attached hydrogens (tertiary/aromatic N) is 2. The Bertz CT molecular complexity index is 1120. The second kappa shape index (κ2) is 10.1. The first kappa shape index (κ1) is 22.8. The predicted octanol–water partition coefficient (Wildman–Crippen LogP) is 4.01. The summed E-state index contributed by atoms with van der Waals surface area (Å²) in [6, 6.07) is 16.3. The van der Waals surface area contributed by atoms with E-state index in [1.54, 1.807) is 7.11 Å². The Morgan fingerprint density at radius 1 is 1.06 bits per heavy atom. The van der Waals surface area contributed by atoms with E-state index in [4.69, 9.17) is 14.2 Å². The van der Waals surface area contributed by atoms with Crippen LogP contribution in [0, 0.1) is 5.92 Å². The van der Waals surface area contributed by atoms with Crippen molar-refractivity contribution in [3.63, 3.8) is 0 Å². The van der Waals surface area contributed by atoms with E-state index >= 15 is 0 Å². The Kier molecular flexibility index (Phi) is 6.79. The average molecular weight is 461 g/mol. The third-order valence-corrected chi connectivity index (χ3v) is 7.28. The Labute approximate surface area is 200 Å². The highest BCUT2D eigenvalue weighted by Crippen LogP contribution is 2.38. The molecule has 6 heteroatoms. The normalized spacial score (nSPS) is 20.6. The minimum atomic E-state index is -0.569. The van der Waals surface area contributed by atoms with Crippen molar-refractivity contribution < 1.29 is 19.0 Å². The van der Waals surface area contributed by atoms with Crippen LogP contribution in [-0.2, 0) is 26.1 Å². The van der Waals surface area contributed by atoms with Gasteiger partial charge in [0, 0.05) is 50.0 Å². The van der Waals surface area contributed by atoms with Gasteiger partial charge in [0.1, 0.15) is 5.75 Å². The number of amides is 1. The van der Waals surface area contributed by atoms with Gasteiger partial charge in [-0.1, -0.05) is 36.4 Å². The lowest BCUT2D eigenvalue weighted by Gasteiger charge is -2.40. The number of fused-ring (bicyclic) bond motifs is 1. The first-order valence-electron chi connectivity index (χ1n) is 12.1. The summed E-state index contributed by atoms with van der Waals surface area (Å²) in [6.07, 6.45) is 6.07. The van der Waals surface area contributed by atoms with Gasteiger partial charge in [-0.2, -0.15) is 0 Å². The summed E-state index contributed by atoms with van der Waals surface area (Å²) in [5, 5.41) is 2.36. The van der Waals surface area contributed by atoms with E-state index < -0.39 is 5.41 Å². The van der Waals surface area contributed by atoms with Gasteiger partial charge in [0.05, 0.1) is 25.7 Å². The molecule has 2 saturated heterocycles. The number of rotatable bonds is 5. The molecule has 1 amide bonds. The summed E-state index contributed by atoms with van der Waals surface area (Å²) in [5.74, 6) is 1.20. The van der Waals surface area contributed by atoms with Crippen molar-refractivity contribution in [2.45, 2.75) is 24.7 Å². The zero-order chi connectivity index (χ0) is 23.4. The third kappa shape index (κ3) is 4.52. The van der Waals surface area contributed by atoms with Gasteiger partial charge in [0.2, 0.25) is 5.91 Å². The van der Waals surface area contributed by atoms with Gasteiger partial charge in [0.15, 0.2) is 0 Å². The molecule has 0 unspecified atom stereocenters. The van der Waals surface area contributed by atoms with Crippen LogP contribution >= 0.6 is 0 Å². The fourth-order valence-corrected chi connectivity index (χ4v) is 5.40. The zero-order valence-corrected chi connectivity index (χ0v) is 19.7. The first-order chi connectivity index (χ1) is 16.7. The van der Waals surface area contributed by atoms with Crippen LogP contribution < -0.4 is 4.74 Å². The van der Waals surface area contributed by atoms with Crippen LogP contribution in [0.4, 0.5) is 0 Å². The molecule has 0 radical (unpaired) electrons. The minimum absolute atomic E-state index is 0.188. The van der Waals surface area contributed by atoms with E-state index in [0.29, 0.717) is 52.4 Å². The second-order valence-corrected chi connectivity index (χ2v) is 9.34. The number of aromatic nitrogens is 1. The number of benzene rings is 2. The van der Waals surface area contributed by atoms with Crippen molar-refractivity contribution in [2.75, 3.05) is 46.6 Å². The summed E-state index contributed by atoms with van der Waals surface area (Å²) < 4.78 is 17.0. The molecule has 0 saturated carbocycles. The van der Waals surface area contributed by atoms with E-state index in [0.717, 1.165) is 23.1 Å². The maximum atomic E-state index is 14.2. The van der Waals surface area contributed by atoms with Crippen molar-refractivity contribution in [2.24, 2.45) is 5.92 Å². The smallest absolute Gasteiger partial charge is 0.233 e. The van der Waals surface area contributed by atoms with Crippen LogP contribution in [0.3, 0.4) is 0 Å². The van der Waals surface area contributed by atoms with Crippen molar-refractivity contribution in [3.05, 3.63) is 72.1 Å². The van der Waals surface area contributed by atoms with Crippen molar-refractivity contribution in [1.82, 2.24) is 9.88 Å². The van der Waals surface area contributed by atoms with Gasteiger partial charge < -0.3 is 19.1 Å². The topological polar surface area (TPSA) is 60.9 Å². The zero-order valence-electron chi connectivity index (χ0n) is 19.7. The van der Waals surface area contributed by atoms with E-state index in [2.05, 4.69) is 23.2 Å².